The molecule has 1 heterocycles. The van der Waals surface area contributed by atoms with E-state index in [2.05, 4.69) is 15.1 Å². The number of rotatable bonds is 0. The topological polar surface area (TPSA) is 61.3 Å². The first-order valence-corrected chi connectivity index (χ1v) is 2.46. The first kappa shape index (κ1) is 7.68. The average Bonchev–Trinajstić information content (AvgIpc) is 2.43. The molecule has 0 atom stereocenters. The Morgan fingerprint density at radius 2 is 2.44 bits per heavy atom. The molecule has 0 unspecified atom stereocenters. The van der Waals surface area contributed by atoms with Crippen molar-refractivity contribution in [3.8, 4) is 0 Å². The van der Waals surface area contributed by atoms with Crippen molar-refractivity contribution in [2.45, 2.75) is 6.92 Å². The second-order valence-electron chi connectivity index (χ2n) is 1.13. The molecule has 1 aromatic rings. The molecule has 0 radical (unpaired) electrons. The van der Waals surface area contributed by atoms with Gasteiger partial charge in [0.15, 0.2) is 0 Å². The Morgan fingerprint density at radius 1 is 1.78 bits per heavy atom. The standard InChI is InChI=1S/C3H4N2.C2H5NO/c1-2-5-3-4-1;1-2-3-4/h1-3H,(H,4,5);2,4H,1H3. The minimum Gasteiger partial charge on any atom is -0.411 e. The maximum Gasteiger partial charge on any atom is 0.0919 e. The minimum atomic E-state index is 1.31. The van der Waals surface area contributed by atoms with Crippen LogP contribution in [-0.4, -0.2) is 21.4 Å². The molecule has 0 saturated heterocycles. The van der Waals surface area contributed by atoms with Gasteiger partial charge in [-0.3, -0.25) is 0 Å². The third-order valence-electron chi connectivity index (χ3n) is 0.521. The van der Waals surface area contributed by atoms with Gasteiger partial charge in [0, 0.05) is 18.6 Å². The number of H-pyrrole nitrogens is 1. The van der Waals surface area contributed by atoms with Crippen LogP contribution in [0.5, 0.6) is 0 Å². The molecule has 2 N–H and O–H groups in total. The first-order valence-electron chi connectivity index (χ1n) is 2.46. The number of hydrogen-bond acceptors (Lipinski definition) is 3. The fraction of sp³-hybridized carbons (Fsp3) is 0.200. The van der Waals surface area contributed by atoms with Gasteiger partial charge in [0.25, 0.3) is 0 Å². The lowest BCUT2D eigenvalue weighted by Crippen LogP contribution is -1.49. The zero-order valence-electron chi connectivity index (χ0n) is 5.15. The van der Waals surface area contributed by atoms with Gasteiger partial charge in [-0.25, -0.2) is 4.98 Å². The van der Waals surface area contributed by atoms with Gasteiger partial charge in [0.2, 0.25) is 0 Å². The molecule has 50 valence electrons. The van der Waals surface area contributed by atoms with E-state index in [4.69, 9.17) is 5.21 Å². The van der Waals surface area contributed by atoms with Crippen molar-refractivity contribution in [1.29, 1.82) is 0 Å². The second-order valence-corrected chi connectivity index (χ2v) is 1.13. The molecule has 0 aliphatic carbocycles. The maximum atomic E-state index is 7.44. The van der Waals surface area contributed by atoms with Crippen LogP contribution >= 0.6 is 0 Å². The summed E-state index contributed by atoms with van der Waals surface area (Å²) in [6, 6.07) is 0. The van der Waals surface area contributed by atoms with Crippen LogP contribution in [0.2, 0.25) is 0 Å². The monoisotopic (exact) mass is 127 g/mol. The molecule has 0 aliphatic rings. The Morgan fingerprint density at radius 3 is 2.56 bits per heavy atom. The van der Waals surface area contributed by atoms with E-state index >= 15 is 0 Å². The predicted octanol–water partition coefficient (Wildman–Crippen LogP) is 0.876. The van der Waals surface area contributed by atoms with Gasteiger partial charge in [-0.15, -0.1) is 5.16 Å². The molecule has 0 saturated carbocycles. The summed E-state index contributed by atoms with van der Waals surface area (Å²) >= 11 is 0. The van der Waals surface area contributed by atoms with Crippen molar-refractivity contribution in [3.05, 3.63) is 18.7 Å². The van der Waals surface area contributed by atoms with Crippen LogP contribution in [0.1, 0.15) is 6.92 Å². The van der Waals surface area contributed by atoms with Gasteiger partial charge in [-0.1, -0.05) is 0 Å². The summed E-state index contributed by atoms with van der Waals surface area (Å²) in [4.78, 5) is 6.42. The number of hydrogen-bond donors (Lipinski definition) is 2. The predicted molar refractivity (Wildman–Crippen MR) is 34.5 cm³/mol. The smallest absolute Gasteiger partial charge is 0.0919 e. The van der Waals surface area contributed by atoms with Crippen LogP contribution in [0, 0.1) is 0 Å². The van der Waals surface area contributed by atoms with Crippen LogP contribution in [0.4, 0.5) is 0 Å². The first-order chi connectivity index (χ1) is 4.41. The Kier molecular flexibility index (Phi) is 5.70. The molecule has 1 rings (SSSR count). The van der Waals surface area contributed by atoms with Crippen molar-refractivity contribution < 1.29 is 5.21 Å². The van der Waals surface area contributed by atoms with E-state index < -0.39 is 0 Å². The van der Waals surface area contributed by atoms with Crippen LogP contribution in [0.3, 0.4) is 0 Å². The molecule has 1 aromatic heterocycles. The number of imidazole rings is 1. The Balaban J connectivity index is 0.000000148. The number of nitrogens with zero attached hydrogens (tertiary/aromatic N) is 2. The molecule has 0 fully saturated rings. The van der Waals surface area contributed by atoms with Crippen molar-refractivity contribution in [2.24, 2.45) is 5.16 Å². The SMILES string of the molecule is CC=NO.c1c[nH]cn1. The van der Waals surface area contributed by atoms with Crippen LogP contribution in [0.15, 0.2) is 23.9 Å². The van der Waals surface area contributed by atoms with E-state index in [0.717, 1.165) is 0 Å². The maximum absolute atomic E-state index is 7.44. The Bertz CT molecular complexity index is 115. The quantitative estimate of drug-likeness (QED) is 0.308. The highest BCUT2D eigenvalue weighted by Crippen LogP contribution is 1.62. The highest BCUT2D eigenvalue weighted by molar-refractivity contribution is 5.51. The fourth-order valence-electron chi connectivity index (χ4n) is 0.215. The molecule has 9 heavy (non-hydrogen) atoms. The molecule has 0 aromatic carbocycles. The molecule has 4 nitrogen and oxygen atoms in total. The normalized spacial score (nSPS) is 8.56. The van der Waals surface area contributed by atoms with Crippen LogP contribution in [0.25, 0.3) is 0 Å². The highest BCUT2D eigenvalue weighted by atomic mass is 16.4. The zero-order valence-corrected chi connectivity index (χ0v) is 5.15. The van der Waals surface area contributed by atoms with Gasteiger partial charge >= 0.3 is 0 Å². The number of aromatic nitrogens is 2. The Labute approximate surface area is 53.2 Å². The van der Waals surface area contributed by atoms with Crippen molar-refractivity contribution >= 4 is 6.21 Å². The minimum absolute atomic E-state index is 1.31. The number of nitrogens with one attached hydrogen (secondary N) is 1. The summed E-state index contributed by atoms with van der Waals surface area (Å²) in [7, 11) is 0. The summed E-state index contributed by atoms with van der Waals surface area (Å²) in [5.74, 6) is 0. The summed E-state index contributed by atoms with van der Waals surface area (Å²) < 4.78 is 0. The molecule has 4 heteroatoms. The lowest BCUT2D eigenvalue weighted by atomic mass is 10.9. The van der Waals surface area contributed by atoms with E-state index in [1.165, 1.54) is 6.21 Å². The van der Waals surface area contributed by atoms with E-state index in [-0.39, 0.29) is 0 Å². The summed E-state index contributed by atoms with van der Waals surface area (Å²) in [6.45, 7) is 1.64. The molecule has 0 aliphatic heterocycles. The summed E-state index contributed by atoms with van der Waals surface area (Å²) in [6.07, 6.45) is 6.39. The zero-order chi connectivity index (χ0) is 6.95. The van der Waals surface area contributed by atoms with E-state index in [9.17, 15) is 0 Å². The highest BCUT2D eigenvalue weighted by Gasteiger charge is 1.56. The lowest BCUT2D eigenvalue weighted by molar-refractivity contribution is 0.321. The third kappa shape index (κ3) is 6.68. The van der Waals surface area contributed by atoms with Gasteiger partial charge in [0.05, 0.1) is 6.33 Å². The second kappa shape index (κ2) is 6.68. The average molecular weight is 127 g/mol. The molecular formula is C5H9N3O. The summed E-state index contributed by atoms with van der Waals surface area (Å²) in [5, 5.41) is 10.1. The number of aromatic amines is 1. The van der Waals surface area contributed by atoms with Crippen molar-refractivity contribution in [2.75, 3.05) is 0 Å². The van der Waals surface area contributed by atoms with Crippen molar-refractivity contribution in [1.82, 2.24) is 9.97 Å². The molecule has 0 spiro atoms. The molecule has 0 bridgehead atoms. The molecular weight excluding hydrogens is 118 g/mol. The summed E-state index contributed by atoms with van der Waals surface area (Å²) in [5.41, 5.74) is 0. The van der Waals surface area contributed by atoms with E-state index in [1.807, 2.05) is 0 Å². The van der Waals surface area contributed by atoms with Gasteiger partial charge in [-0.05, 0) is 6.92 Å². The van der Waals surface area contributed by atoms with Crippen LogP contribution in [-0.2, 0) is 0 Å². The van der Waals surface area contributed by atoms with Crippen LogP contribution < -0.4 is 0 Å². The van der Waals surface area contributed by atoms with Gasteiger partial charge in [-0.2, -0.15) is 0 Å². The largest absolute Gasteiger partial charge is 0.411 e. The lowest BCUT2D eigenvalue weighted by Gasteiger charge is -1.54. The number of oxime groups is 1. The Hall–Kier alpha value is -1.32. The van der Waals surface area contributed by atoms with E-state index in [1.54, 1.807) is 25.6 Å². The van der Waals surface area contributed by atoms with Crippen molar-refractivity contribution in [3.63, 3.8) is 0 Å². The van der Waals surface area contributed by atoms with E-state index in [0.29, 0.717) is 0 Å². The molecule has 0 amide bonds. The van der Waals surface area contributed by atoms with Gasteiger partial charge in [0.1, 0.15) is 0 Å². The third-order valence-corrected chi connectivity index (χ3v) is 0.521. The fourth-order valence-corrected chi connectivity index (χ4v) is 0.215. The van der Waals surface area contributed by atoms with Gasteiger partial charge < -0.3 is 10.2 Å².